The number of imidazole rings is 1. The standard InChI is InChI=1S/C28H25F3N6/c1-17-13-24(28(29,30)31)35-37(17)20-11-7-18(8-12-20)15-32-25-14-23-27(33-16-36(23)2)26(34-25)22-6-4-3-5-21(22)19-9-10-19/h3-8,11-14,16,19H,9-10,15H2,1-2H3,(H,32,34). The van der Waals surface area contributed by atoms with Crippen molar-refractivity contribution >= 4 is 16.9 Å². The zero-order chi connectivity index (χ0) is 25.7. The van der Waals surface area contributed by atoms with Gasteiger partial charge in [0.25, 0.3) is 0 Å². The minimum absolute atomic E-state index is 0.422. The van der Waals surface area contributed by atoms with Crippen LogP contribution < -0.4 is 5.32 Å². The Hall–Kier alpha value is -4.14. The fraction of sp³-hybridized carbons (Fsp3) is 0.250. The second-order valence-electron chi connectivity index (χ2n) is 9.54. The highest BCUT2D eigenvalue weighted by atomic mass is 19.4. The van der Waals surface area contributed by atoms with E-state index in [9.17, 15) is 13.2 Å². The summed E-state index contributed by atoms with van der Waals surface area (Å²) >= 11 is 0. The summed E-state index contributed by atoms with van der Waals surface area (Å²) in [6.07, 6.45) is -0.267. The van der Waals surface area contributed by atoms with E-state index in [-0.39, 0.29) is 0 Å². The molecule has 0 amide bonds. The van der Waals surface area contributed by atoms with Gasteiger partial charge in [0.05, 0.1) is 17.5 Å². The second kappa shape index (κ2) is 8.76. The third kappa shape index (κ3) is 4.45. The van der Waals surface area contributed by atoms with E-state index in [0.29, 0.717) is 23.8 Å². The molecule has 0 atom stereocenters. The van der Waals surface area contributed by atoms with Gasteiger partial charge >= 0.3 is 6.18 Å². The molecule has 3 heterocycles. The normalized spacial score (nSPS) is 13.9. The molecule has 5 aromatic rings. The van der Waals surface area contributed by atoms with Crippen molar-refractivity contribution in [2.75, 3.05) is 5.32 Å². The number of aromatic nitrogens is 5. The number of benzene rings is 2. The average molecular weight is 503 g/mol. The van der Waals surface area contributed by atoms with Crippen LogP contribution in [-0.2, 0) is 19.8 Å². The van der Waals surface area contributed by atoms with Crippen molar-refractivity contribution in [3.05, 3.63) is 89.5 Å². The molecule has 0 aliphatic heterocycles. The fourth-order valence-electron chi connectivity index (χ4n) is 4.69. The van der Waals surface area contributed by atoms with Gasteiger partial charge in [-0.25, -0.2) is 14.6 Å². The zero-order valence-corrected chi connectivity index (χ0v) is 20.4. The van der Waals surface area contributed by atoms with E-state index >= 15 is 0 Å². The molecule has 1 fully saturated rings. The van der Waals surface area contributed by atoms with Gasteiger partial charge in [0, 0.05) is 30.9 Å². The van der Waals surface area contributed by atoms with Crippen LogP contribution in [0.3, 0.4) is 0 Å². The highest BCUT2D eigenvalue weighted by Gasteiger charge is 2.34. The third-order valence-electron chi connectivity index (χ3n) is 6.78. The summed E-state index contributed by atoms with van der Waals surface area (Å²) in [4.78, 5) is 9.60. The molecule has 6 nitrogen and oxygen atoms in total. The lowest BCUT2D eigenvalue weighted by Crippen LogP contribution is -2.07. The van der Waals surface area contributed by atoms with Crippen LogP contribution in [0.25, 0.3) is 28.0 Å². The Morgan fingerprint density at radius 2 is 1.78 bits per heavy atom. The van der Waals surface area contributed by atoms with E-state index in [4.69, 9.17) is 4.98 Å². The van der Waals surface area contributed by atoms with Gasteiger partial charge in [0.1, 0.15) is 17.0 Å². The Bertz CT molecular complexity index is 1590. The summed E-state index contributed by atoms with van der Waals surface area (Å²) < 4.78 is 42.4. The largest absolute Gasteiger partial charge is 0.435 e. The Morgan fingerprint density at radius 3 is 2.49 bits per heavy atom. The highest BCUT2D eigenvalue weighted by Crippen LogP contribution is 2.45. The summed E-state index contributed by atoms with van der Waals surface area (Å²) in [6, 6.07) is 18.8. The molecule has 0 spiro atoms. The second-order valence-corrected chi connectivity index (χ2v) is 9.54. The Balaban J connectivity index is 1.27. The number of aryl methyl sites for hydroxylation is 2. The summed E-state index contributed by atoms with van der Waals surface area (Å²) in [5.74, 6) is 1.32. The zero-order valence-electron chi connectivity index (χ0n) is 20.4. The smallest absolute Gasteiger partial charge is 0.366 e. The molecule has 2 aromatic carbocycles. The third-order valence-corrected chi connectivity index (χ3v) is 6.78. The summed E-state index contributed by atoms with van der Waals surface area (Å²) in [5.41, 5.74) is 6.24. The monoisotopic (exact) mass is 502 g/mol. The van der Waals surface area contributed by atoms with Crippen molar-refractivity contribution in [3.63, 3.8) is 0 Å². The van der Waals surface area contributed by atoms with Crippen LogP contribution in [0.5, 0.6) is 0 Å². The van der Waals surface area contributed by atoms with Gasteiger partial charge in [0.2, 0.25) is 0 Å². The summed E-state index contributed by atoms with van der Waals surface area (Å²) in [6.45, 7) is 2.11. The van der Waals surface area contributed by atoms with Crippen molar-refractivity contribution < 1.29 is 13.2 Å². The van der Waals surface area contributed by atoms with Crippen LogP contribution in [-0.4, -0.2) is 24.3 Å². The van der Waals surface area contributed by atoms with Crippen LogP contribution in [0.1, 0.15) is 41.3 Å². The van der Waals surface area contributed by atoms with Gasteiger partial charge in [-0.2, -0.15) is 18.3 Å². The van der Waals surface area contributed by atoms with Crippen LogP contribution in [0, 0.1) is 6.92 Å². The topological polar surface area (TPSA) is 60.6 Å². The Labute approximate surface area is 211 Å². The van der Waals surface area contributed by atoms with Crippen LogP contribution in [0.15, 0.2) is 67.0 Å². The first-order chi connectivity index (χ1) is 17.8. The molecule has 1 N–H and O–H groups in total. The molecule has 6 rings (SSSR count). The SMILES string of the molecule is Cc1cc(C(F)(F)F)nn1-c1ccc(CNc2cc3c(ncn3C)c(-c3ccccc3C3CC3)n2)cc1. The van der Waals surface area contributed by atoms with Crippen molar-refractivity contribution in [1.29, 1.82) is 0 Å². The van der Waals surface area contributed by atoms with Gasteiger partial charge in [-0.05, 0) is 55.0 Å². The molecule has 0 radical (unpaired) electrons. The molecule has 9 heteroatoms. The molecular weight excluding hydrogens is 477 g/mol. The summed E-state index contributed by atoms with van der Waals surface area (Å²) in [5, 5.41) is 7.14. The number of nitrogens with zero attached hydrogens (tertiary/aromatic N) is 5. The molecule has 188 valence electrons. The number of anilines is 1. The van der Waals surface area contributed by atoms with Gasteiger partial charge < -0.3 is 9.88 Å². The predicted molar refractivity (Wildman–Crippen MR) is 137 cm³/mol. The van der Waals surface area contributed by atoms with Gasteiger partial charge in [-0.1, -0.05) is 36.4 Å². The summed E-state index contributed by atoms with van der Waals surface area (Å²) in [7, 11) is 1.97. The number of nitrogens with one attached hydrogen (secondary N) is 1. The van der Waals surface area contributed by atoms with E-state index in [1.165, 1.54) is 23.1 Å². The maximum Gasteiger partial charge on any atom is 0.435 e. The van der Waals surface area contributed by atoms with E-state index in [1.54, 1.807) is 25.4 Å². The first-order valence-corrected chi connectivity index (χ1v) is 12.2. The quantitative estimate of drug-likeness (QED) is 0.283. The number of pyridine rings is 1. The average Bonchev–Trinajstić information content (AvgIpc) is 3.56. The lowest BCUT2D eigenvalue weighted by atomic mass is 9.99. The lowest BCUT2D eigenvalue weighted by molar-refractivity contribution is -0.141. The molecule has 1 saturated carbocycles. The fourth-order valence-corrected chi connectivity index (χ4v) is 4.69. The predicted octanol–water partition coefficient (Wildman–Crippen LogP) is 6.64. The molecule has 0 unspecified atom stereocenters. The van der Waals surface area contributed by atoms with E-state index in [2.05, 4.69) is 33.6 Å². The van der Waals surface area contributed by atoms with Gasteiger partial charge in [-0.15, -0.1) is 0 Å². The maximum atomic E-state index is 13.0. The Kier molecular flexibility index (Phi) is 5.51. The van der Waals surface area contributed by atoms with Gasteiger partial charge in [-0.3, -0.25) is 0 Å². The molecule has 1 aliphatic carbocycles. The number of hydrogen-bond donors (Lipinski definition) is 1. The highest BCUT2D eigenvalue weighted by molar-refractivity contribution is 5.92. The molecule has 37 heavy (non-hydrogen) atoms. The number of halogens is 3. The number of alkyl halides is 3. The maximum absolute atomic E-state index is 13.0. The minimum atomic E-state index is -4.47. The number of hydrogen-bond acceptors (Lipinski definition) is 4. The molecule has 1 aliphatic rings. The van der Waals surface area contributed by atoms with Crippen molar-refractivity contribution in [2.24, 2.45) is 7.05 Å². The van der Waals surface area contributed by atoms with E-state index in [1.807, 2.05) is 35.9 Å². The van der Waals surface area contributed by atoms with Gasteiger partial charge in [0.15, 0.2) is 5.69 Å². The minimum Gasteiger partial charge on any atom is -0.366 e. The van der Waals surface area contributed by atoms with Crippen LogP contribution in [0.4, 0.5) is 19.0 Å². The van der Waals surface area contributed by atoms with Crippen molar-refractivity contribution in [3.8, 4) is 16.9 Å². The number of fused-ring (bicyclic) bond motifs is 1. The number of rotatable bonds is 6. The molecule has 3 aromatic heterocycles. The van der Waals surface area contributed by atoms with E-state index in [0.717, 1.165) is 39.7 Å². The van der Waals surface area contributed by atoms with E-state index < -0.39 is 11.9 Å². The molecular formula is C28H25F3N6. The first-order valence-electron chi connectivity index (χ1n) is 12.2. The molecule has 0 bridgehead atoms. The Morgan fingerprint density at radius 1 is 1.03 bits per heavy atom. The van der Waals surface area contributed by atoms with Crippen molar-refractivity contribution in [1.82, 2.24) is 24.3 Å². The van der Waals surface area contributed by atoms with Crippen LogP contribution >= 0.6 is 0 Å². The van der Waals surface area contributed by atoms with Crippen molar-refractivity contribution in [2.45, 2.75) is 38.4 Å². The first kappa shape index (κ1) is 23.3. The van der Waals surface area contributed by atoms with Crippen LogP contribution in [0.2, 0.25) is 0 Å². The molecule has 0 saturated heterocycles. The lowest BCUT2D eigenvalue weighted by Gasteiger charge is -2.13.